The Morgan fingerprint density at radius 2 is 2.00 bits per heavy atom. The van der Waals surface area contributed by atoms with E-state index in [0.29, 0.717) is 5.41 Å². The molecular weight excluding hydrogens is 214 g/mol. The summed E-state index contributed by atoms with van der Waals surface area (Å²) < 4.78 is 10.7. The summed E-state index contributed by atoms with van der Waals surface area (Å²) in [6, 6.07) is 0. The van der Waals surface area contributed by atoms with Crippen LogP contribution in [0.1, 0.15) is 39.5 Å². The summed E-state index contributed by atoms with van der Waals surface area (Å²) in [6.07, 6.45) is 4.82. The van der Waals surface area contributed by atoms with Gasteiger partial charge in [-0.1, -0.05) is 13.8 Å². The van der Waals surface area contributed by atoms with E-state index < -0.39 is 0 Å². The molecule has 0 aromatic rings. The molecule has 102 valence electrons. The number of nitrogens with one attached hydrogen (secondary N) is 1. The zero-order valence-corrected chi connectivity index (χ0v) is 11.8. The molecule has 1 aliphatic heterocycles. The molecule has 17 heavy (non-hydrogen) atoms. The van der Waals surface area contributed by atoms with Gasteiger partial charge in [0.1, 0.15) is 0 Å². The van der Waals surface area contributed by atoms with Gasteiger partial charge in [0.25, 0.3) is 0 Å². The van der Waals surface area contributed by atoms with Gasteiger partial charge in [-0.15, -0.1) is 0 Å². The molecule has 1 fully saturated rings. The SMILES string of the molecule is COCCCC1(CNCC(C)C)CCOCC1. The molecule has 0 amide bonds. The van der Waals surface area contributed by atoms with Gasteiger partial charge in [0, 0.05) is 33.5 Å². The summed E-state index contributed by atoms with van der Waals surface area (Å²) in [6.45, 7) is 9.51. The number of ether oxygens (including phenoxy) is 2. The van der Waals surface area contributed by atoms with Crippen LogP contribution in [0.25, 0.3) is 0 Å². The van der Waals surface area contributed by atoms with Crippen molar-refractivity contribution >= 4 is 0 Å². The predicted octanol–water partition coefficient (Wildman–Crippen LogP) is 2.46. The van der Waals surface area contributed by atoms with Crippen molar-refractivity contribution < 1.29 is 9.47 Å². The van der Waals surface area contributed by atoms with E-state index >= 15 is 0 Å². The van der Waals surface area contributed by atoms with E-state index in [1.54, 1.807) is 7.11 Å². The van der Waals surface area contributed by atoms with Crippen molar-refractivity contribution in [2.24, 2.45) is 11.3 Å². The van der Waals surface area contributed by atoms with Crippen molar-refractivity contribution in [2.45, 2.75) is 39.5 Å². The molecule has 0 aliphatic carbocycles. The maximum atomic E-state index is 5.50. The fourth-order valence-electron chi connectivity index (χ4n) is 2.54. The first-order valence-electron chi connectivity index (χ1n) is 6.96. The molecular formula is C14H29NO2. The average molecular weight is 243 g/mol. The highest BCUT2D eigenvalue weighted by Gasteiger charge is 2.31. The van der Waals surface area contributed by atoms with Gasteiger partial charge in [-0.25, -0.2) is 0 Å². The van der Waals surface area contributed by atoms with Gasteiger partial charge < -0.3 is 14.8 Å². The monoisotopic (exact) mass is 243 g/mol. The second-order valence-electron chi connectivity index (χ2n) is 5.73. The van der Waals surface area contributed by atoms with E-state index in [1.165, 1.54) is 25.7 Å². The lowest BCUT2D eigenvalue weighted by Gasteiger charge is -2.38. The summed E-state index contributed by atoms with van der Waals surface area (Å²) in [5.74, 6) is 0.728. The van der Waals surface area contributed by atoms with Gasteiger partial charge in [-0.05, 0) is 43.6 Å². The van der Waals surface area contributed by atoms with Crippen molar-refractivity contribution in [1.82, 2.24) is 5.32 Å². The summed E-state index contributed by atoms with van der Waals surface area (Å²) in [4.78, 5) is 0. The maximum Gasteiger partial charge on any atom is 0.0471 e. The van der Waals surface area contributed by atoms with Gasteiger partial charge in [0.2, 0.25) is 0 Å². The quantitative estimate of drug-likeness (QED) is 0.664. The van der Waals surface area contributed by atoms with Crippen LogP contribution in [-0.2, 0) is 9.47 Å². The summed E-state index contributed by atoms with van der Waals surface area (Å²) >= 11 is 0. The second-order valence-corrected chi connectivity index (χ2v) is 5.73. The molecule has 0 aromatic heterocycles. The third kappa shape index (κ3) is 5.84. The molecule has 0 bridgehead atoms. The molecule has 1 saturated heterocycles. The van der Waals surface area contributed by atoms with Crippen LogP contribution in [0.15, 0.2) is 0 Å². The normalized spacial score (nSPS) is 19.8. The smallest absolute Gasteiger partial charge is 0.0471 e. The number of methoxy groups -OCH3 is 1. The molecule has 3 heteroatoms. The Morgan fingerprint density at radius 3 is 2.59 bits per heavy atom. The lowest BCUT2D eigenvalue weighted by Crippen LogP contribution is -2.40. The molecule has 3 nitrogen and oxygen atoms in total. The van der Waals surface area contributed by atoms with E-state index in [9.17, 15) is 0 Å². The largest absolute Gasteiger partial charge is 0.385 e. The fraction of sp³-hybridized carbons (Fsp3) is 1.00. The molecule has 0 aromatic carbocycles. The summed E-state index contributed by atoms with van der Waals surface area (Å²) in [5.41, 5.74) is 0.450. The predicted molar refractivity (Wildman–Crippen MR) is 71.3 cm³/mol. The van der Waals surface area contributed by atoms with E-state index in [1.807, 2.05) is 0 Å². The third-order valence-electron chi connectivity index (χ3n) is 3.66. The van der Waals surface area contributed by atoms with Crippen molar-refractivity contribution in [3.05, 3.63) is 0 Å². The van der Waals surface area contributed by atoms with Crippen molar-refractivity contribution in [3.63, 3.8) is 0 Å². The molecule has 0 saturated carbocycles. The topological polar surface area (TPSA) is 30.5 Å². The first kappa shape index (κ1) is 14.9. The molecule has 0 unspecified atom stereocenters. The molecule has 1 rings (SSSR count). The minimum Gasteiger partial charge on any atom is -0.385 e. The van der Waals surface area contributed by atoms with E-state index in [4.69, 9.17) is 9.47 Å². The van der Waals surface area contributed by atoms with Gasteiger partial charge in [-0.2, -0.15) is 0 Å². The first-order chi connectivity index (χ1) is 8.18. The molecule has 0 radical (unpaired) electrons. The van der Waals surface area contributed by atoms with E-state index in [2.05, 4.69) is 19.2 Å². The maximum absolute atomic E-state index is 5.50. The van der Waals surface area contributed by atoms with Gasteiger partial charge in [-0.3, -0.25) is 0 Å². The molecule has 1 N–H and O–H groups in total. The minimum absolute atomic E-state index is 0.450. The van der Waals surface area contributed by atoms with Crippen LogP contribution in [0.3, 0.4) is 0 Å². The molecule has 0 spiro atoms. The van der Waals surface area contributed by atoms with Crippen molar-refractivity contribution in [3.8, 4) is 0 Å². The zero-order chi connectivity index (χ0) is 12.6. The Kier molecular flexibility index (Phi) is 7.09. The second kappa shape index (κ2) is 8.06. The number of hydrogen-bond acceptors (Lipinski definition) is 3. The Balaban J connectivity index is 2.34. The lowest BCUT2D eigenvalue weighted by atomic mass is 9.76. The summed E-state index contributed by atoms with van der Waals surface area (Å²) in [5, 5.41) is 3.63. The highest BCUT2D eigenvalue weighted by Crippen LogP contribution is 2.34. The molecule has 0 atom stereocenters. The van der Waals surface area contributed by atoms with Crippen molar-refractivity contribution in [2.75, 3.05) is 40.0 Å². The Labute approximate surface area is 106 Å². The molecule has 1 heterocycles. The standard InChI is InChI=1S/C14H29NO2/c1-13(2)11-15-12-14(5-4-8-16-3)6-9-17-10-7-14/h13,15H,4-12H2,1-3H3. The number of rotatable bonds is 8. The van der Waals surface area contributed by atoms with E-state index in [0.717, 1.165) is 38.8 Å². The minimum atomic E-state index is 0.450. The number of hydrogen-bond donors (Lipinski definition) is 1. The summed E-state index contributed by atoms with van der Waals surface area (Å²) in [7, 11) is 1.79. The van der Waals surface area contributed by atoms with Crippen molar-refractivity contribution in [1.29, 1.82) is 0 Å². The Morgan fingerprint density at radius 1 is 1.29 bits per heavy atom. The highest BCUT2D eigenvalue weighted by molar-refractivity contribution is 4.84. The van der Waals surface area contributed by atoms with Crippen LogP contribution in [-0.4, -0.2) is 40.0 Å². The fourth-order valence-corrected chi connectivity index (χ4v) is 2.54. The van der Waals surface area contributed by atoms with Gasteiger partial charge >= 0.3 is 0 Å². The average Bonchev–Trinajstić information content (AvgIpc) is 2.30. The van der Waals surface area contributed by atoms with Gasteiger partial charge in [0.15, 0.2) is 0 Å². The molecule has 1 aliphatic rings. The van der Waals surface area contributed by atoms with Gasteiger partial charge in [0.05, 0.1) is 0 Å². The lowest BCUT2D eigenvalue weighted by molar-refractivity contribution is 0.00608. The van der Waals surface area contributed by atoms with E-state index in [-0.39, 0.29) is 0 Å². The van der Waals surface area contributed by atoms with Crippen LogP contribution >= 0.6 is 0 Å². The van der Waals surface area contributed by atoms with Crippen LogP contribution in [0.2, 0.25) is 0 Å². The van der Waals surface area contributed by atoms with Crippen LogP contribution in [0.4, 0.5) is 0 Å². The third-order valence-corrected chi connectivity index (χ3v) is 3.66. The Bertz CT molecular complexity index is 189. The first-order valence-corrected chi connectivity index (χ1v) is 6.96. The van der Waals surface area contributed by atoms with Crippen LogP contribution < -0.4 is 5.32 Å². The van der Waals surface area contributed by atoms with Crippen LogP contribution in [0, 0.1) is 11.3 Å². The van der Waals surface area contributed by atoms with Crippen LogP contribution in [0.5, 0.6) is 0 Å². The Hall–Kier alpha value is -0.120. The zero-order valence-electron chi connectivity index (χ0n) is 11.8. The highest BCUT2D eigenvalue weighted by atomic mass is 16.5.